The maximum Gasteiger partial charge on any atom is 0.249 e. The number of aliphatic hydroxyl groups excluding tert-OH is 1. The highest BCUT2D eigenvalue weighted by Crippen LogP contribution is 2.33. The zero-order chi connectivity index (χ0) is 17.8. The van der Waals surface area contributed by atoms with Gasteiger partial charge in [-0.05, 0) is 30.5 Å². The molecule has 2 N–H and O–H groups in total. The molecule has 136 valence electrons. The number of carbonyl (C=O) groups excluding carboxylic acids is 2. The molecule has 7 nitrogen and oxygen atoms in total. The zero-order valence-corrected chi connectivity index (χ0v) is 14.3. The number of hydrogen-bond acceptors (Lipinski definition) is 5. The first kappa shape index (κ1) is 17.8. The summed E-state index contributed by atoms with van der Waals surface area (Å²) in [6.45, 7) is 2.55. The third kappa shape index (κ3) is 4.00. The van der Waals surface area contributed by atoms with Crippen molar-refractivity contribution in [1.82, 2.24) is 4.90 Å². The van der Waals surface area contributed by atoms with E-state index in [9.17, 15) is 14.7 Å². The van der Waals surface area contributed by atoms with Crippen molar-refractivity contribution >= 4 is 17.5 Å². The average molecular weight is 348 g/mol. The van der Waals surface area contributed by atoms with Crippen LogP contribution in [0, 0.1) is 0 Å². The largest absolute Gasteiger partial charge is 0.394 e. The molecule has 0 saturated carbocycles. The Labute approximate surface area is 146 Å². The molecular weight excluding hydrogens is 324 g/mol. The highest BCUT2D eigenvalue weighted by molar-refractivity contribution is 5.88. The van der Waals surface area contributed by atoms with Crippen LogP contribution in [0.1, 0.15) is 31.4 Å². The van der Waals surface area contributed by atoms with Gasteiger partial charge in [-0.1, -0.05) is 12.1 Å². The number of ether oxygens (including phenoxy) is 2. The maximum absolute atomic E-state index is 12.4. The second-order valence-corrected chi connectivity index (χ2v) is 6.43. The Morgan fingerprint density at radius 2 is 1.96 bits per heavy atom. The summed E-state index contributed by atoms with van der Waals surface area (Å²) in [5.74, 6) is -0.219. The lowest BCUT2D eigenvalue weighted by Gasteiger charge is -2.45. The molecule has 2 heterocycles. The SMILES string of the molecule is CC(=O)Nc1ccc([C@H]2OCC(=O)N(C3CCOCC3)[C@@H]2CO)cc1. The van der Waals surface area contributed by atoms with Crippen molar-refractivity contribution in [3.63, 3.8) is 0 Å². The summed E-state index contributed by atoms with van der Waals surface area (Å²) in [6, 6.07) is 6.96. The van der Waals surface area contributed by atoms with Crippen molar-refractivity contribution in [2.45, 2.75) is 38.0 Å². The highest BCUT2D eigenvalue weighted by Gasteiger charge is 2.41. The lowest BCUT2D eigenvalue weighted by atomic mass is 9.95. The fourth-order valence-corrected chi connectivity index (χ4v) is 3.58. The van der Waals surface area contributed by atoms with Gasteiger partial charge in [-0.15, -0.1) is 0 Å². The monoisotopic (exact) mass is 348 g/mol. The fourth-order valence-electron chi connectivity index (χ4n) is 3.58. The zero-order valence-electron chi connectivity index (χ0n) is 14.3. The Hall–Kier alpha value is -1.96. The first-order chi connectivity index (χ1) is 12.1. The maximum atomic E-state index is 12.4. The molecule has 2 aliphatic heterocycles. The van der Waals surface area contributed by atoms with Crippen molar-refractivity contribution in [2.75, 3.05) is 31.7 Å². The van der Waals surface area contributed by atoms with Gasteiger partial charge in [-0.3, -0.25) is 9.59 Å². The summed E-state index contributed by atoms with van der Waals surface area (Å²) < 4.78 is 11.1. The molecule has 0 aliphatic carbocycles. The van der Waals surface area contributed by atoms with Crippen LogP contribution in [-0.4, -0.2) is 60.3 Å². The first-order valence-electron chi connectivity index (χ1n) is 8.59. The number of hydrogen-bond donors (Lipinski definition) is 2. The van der Waals surface area contributed by atoms with Crippen LogP contribution in [0.3, 0.4) is 0 Å². The van der Waals surface area contributed by atoms with E-state index in [1.165, 1.54) is 6.92 Å². The molecule has 0 radical (unpaired) electrons. The summed E-state index contributed by atoms with van der Waals surface area (Å²) >= 11 is 0. The standard InChI is InChI=1S/C18H24N2O5/c1-12(22)19-14-4-2-13(3-5-14)18-16(10-21)20(17(23)11-25-18)15-6-8-24-9-7-15/h2-5,15-16,18,21H,6-11H2,1H3,(H,19,22)/t16-,18-/m1/s1. The van der Waals surface area contributed by atoms with Crippen molar-refractivity contribution in [2.24, 2.45) is 0 Å². The number of amides is 2. The van der Waals surface area contributed by atoms with Crippen molar-refractivity contribution in [1.29, 1.82) is 0 Å². The summed E-state index contributed by atoms with van der Waals surface area (Å²) in [7, 11) is 0. The fraction of sp³-hybridized carbons (Fsp3) is 0.556. The van der Waals surface area contributed by atoms with Gasteiger partial charge in [0, 0.05) is 31.9 Å². The molecule has 2 saturated heterocycles. The molecule has 0 aromatic heterocycles. The van der Waals surface area contributed by atoms with Gasteiger partial charge in [-0.2, -0.15) is 0 Å². The predicted octanol–water partition coefficient (Wildman–Crippen LogP) is 1.08. The smallest absolute Gasteiger partial charge is 0.249 e. The molecular formula is C18H24N2O5. The van der Waals surface area contributed by atoms with E-state index >= 15 is 0 Å². The van der Waals surface area contributed by atoms with Crippen LogP contribution in [0.2, 0.25) is 0 Å². The molecule has 1 aromatic rings. The Morgan fingerprint density at radius 1 is 1.28 bits per heavy atom. The number of nitrogens with one attached hydrogen (secondary N) is 1. The summed E-state index contributed by atoms with van der Waals surface area (Å²) in [5.41, 5.74) is 1.57. The highest BCUT2D eigenvalue weighted by atomic mass is 16.5. The van der Waals surface area contributed by atoms with Crippen molar-refractivity contribution in [3.8, 4) is 0 Å². The molecule has 7 heteroatoms. The van der Waals surface area contributed by atoms with E-state index in [1.807, 2.05) is 12.1 Å². The molecule has 2 fully saturated rings. The first-order valence-corrected chi connectivity index (χ1v) is 8.59. The predicted molar refractivity (Wildman–Crippen MR) is 91.0 cm³/mol. The third-order valence-electron chi connectivity index (χ3n) is 4.71. The van der Waals surface area contributed by atoms with E-state index in [1.54, 1.807) is 17.0 Å². The number of aliphatic hydroxyl groups is 1. The normalized spacial score (nSPS) is 25.0. The van der Waals surface area contributed by atoms with Crippen LogP contribution in [0.25, 0.3) is 0 Å². The molecule has 2 aliphatic rings. The van der Waals surface area contributed by atoms with Crippen LogP contribution >= 0.6 is 0 Å². The van der Waals surface area contributed by atoms with Crippen LogP contribution in [0.15, 0.2) is 24.3 Å². The third-order valence-corrected chi connectivity index (χ3v) is 4.71. The molecule has 0 unspecified atom stereocenters. The van der Waals surface area contributed by atoms with Crippen molar-refractivity contribution < 1.29 is 24.2 Å². The van der Waals surface area contributed by atoms with E-state index in [0.29, 0.717) is 18.9 Å². The van der Waals surface area contributed by atoms with Gasteiger partial charge < -0.3 is 24.8 Å². The molecule has 1 aromatic carbocycles. The number of carbonyl (C=O) groups is 2. The molecule has 2 atom stereocenters. The summed E-state index contributed by atoms with van der Waals surface area (Å²) in [6.07, 6.45) is 1.16. The lowest BCUT2D eigenvalue weighted by molar-refractivity contribution is -0.168. The number of benzene rings is 1. The van der Waals surface area contributed by atoms with Crippen LogP contribution in [0.5, 0.6) is 0 Å². The van der Waals surface area contributed by atoms with E-state index in [-0.39, 0.29) is 31.1 Å². The van der Waals surface area contributed by atoms with E-state index in [2.05, 4.69) is 5.32 Å². The minimum absolute atomic E-state index is 0.00592. The lowest BCUT2D eigenvalue weighted by Crippen LogP contribution is -2.57. The summed E-state index contributed by atoms with van der Waals surface area (Å²) in [4.78, 5) is 25.3. The number of rotatable bonds is 4. The Kier molecular flexibility index (Phi) is 5.67. The number of nitrogens with zero attached hydrogens (tertiary/aromatic N) is 1. The Balaban J connectivity index is 1.80. The van der Waals surface area contributed by atoms with Gasteiger partial charge in [0.15, 0.2) is 0 Å². The molecule has 0 bridgehead atoms. The Morgan fingerprint density at radius 3 is 2.56 bits per heavy atom. The van der Waals surface area contributed by atoms with E-state index < -0.39 is 12.1 Å². The Bertz CT molecular complexity index is 612. The van der Waals surface area contributed by atoms with E-state index in [4.69, 9.17) is 9.47 Å². The van der Waals surface area contributed by atoms with Gasteiger partial charge in [0.1, 0.15) is 12.7 Å². The topological polar surface area (TPSA) is 88.1 Å². The van der Waals surface area contributed by atoms with Crippen LogP contribution < -0.4 is 5.32 Å². The second-order valence-electron chi connectivity index (χ2n) is 6.43. The van der Waals surface area contributed by atoms with Crippen LogP contribution in [-0.2, 0) is 19.1 Å². The second kappa shape index (κ2) is 7.95. The van der Waals surface area contributed by atoms with E-state index in [0.717, 1.165) is 18.4 Å². The molecule has 0 spiro atoms. The van der Waals surface area contributed by atoms with Gasteiger partial charge in [0.05, 0.1) is 12.6 Å². The average Bonchev–Trinajstić information content (AvgIpc) is 2.62. The minimum Gasteiger partial charge on any atom is -0.394 e. The number of anilines is 1. The van der Waals surface area contributed by atoms with Gasteiger partial charge in [0.2, 0.25) is 11.8 Å². The van der Waals surface area contributed by atoms with Gasteiger partial charge in [-0.25, -0.2) is 0 Å². The van der Waals surface area contributed by atoms with Gasteiger partial charge in [0.25, 0.3) is 0 Å². The molecule has 3 rings (SSSR count). The van der Waals surface area contributed by atoms with Crippen molar-refractivity contribution in [3.05, 3.63) is 29.8 Å². The summed E-state index contributed by atoms with van der Waals surface area (Å²) in [5, 5.41) is 12.7. The van der Waals surface area contributed by atoms with Gasteiger partial charge >= 0.3 is 0 Å². The molecule has 25 heavy (non-hydrogen) atoms. The minimum atomic E-state index is -0.420. The molecule has 2 amide bonds. The quantitative estimate of drug-likeness (QED) is 0.850. The number of morpholine rings is 1. The van der Waals surface area contributed by atoms with Crippen LogP contribution in [0.4, 0.5) is 5.69 Å².